The molecule has 3 nitrogen and oxygen atoms in total. The maximum atomic E-state index is 12.0. The number of fused-ring (bicyclic) bond motifs is 1. The molecule has 0 spiro atoms. The summed E-state index contributed by atoms with van der Waals surface area (Å²) in [6.45, 7) is 0. The Bertz CT molecular complexity index is 612. The first-order valence-corrected chi connectivity index (χ1v) is 6.54. The molecule has 0 unspecified atom stereocenters. The standard InChI is InChI=1S/C14H11BrN2O/c15-13-7-3-4-9(16-13)8-11-10-5-1-2-6-12(10)17-14(11)18/h1-7,11H,8H2,(H,17,18)/t11-/m1/s1. The maximum Gasteiger partial charge on any atom is 0.232 e. The minimum atomic E-state index is -0.136. The van der Waals surface area contributed by atoms with Crippen molar-refractivity contribution in [2.75, 3.05) is 5.32 Å². The van der Waals surface area contributed by atoms with Crippen LogP contribution in [0.15, 0.2) is 47.1 Å². The van der Waals surface area contributed by atoms with Gasteiger partial charge in [-0.2, -0.15) is 0 Å². The molecule has 0 fully saturated rings. The molecule has 2 aromatic rings. The van der Waals surface area contributed by atoms with Crippen LogP contribution in [0.4, 0.5) is 5.69 Å². The molecule has 1 aromatic heterocycles. The Morgan fingerprint density at radius 3 is 2.83 bits per heavy atom. The number of nitrogens with one attached hydrogen (secondary N) is 1. The van der Waals surface area contributed by atoms with E-state index in [-0.39, 0.29) is 11.8 Å². The number of hydrogen-bond donors (Lipinski definition) is 1. The molecule has 4 heteroatoms. The molecule has 1 N–H and O–H groups in total. The molecule has 0 aliphatic carbocycles. The first kappa shape index (κ1) is 11.4. The lowest BCUT2D eigenvalue weighted by molar-refractivity contribution is -0.117. The van der Waals surface area contributed by atoms with Gasteiger partial charge >= 0.3 is 0 Å². The van der Waals surface area contributed by atoms with Crippen LogP contribution in [0.1, 0.15) is 17.2 Å². The van der Waals surface area contributed by atoms with Gasteiger partial charge in [-0.1, -0.05) is 24.3 Å². The fourth-order valence-electron chi connectivity index (χ4n) is 2.25. The molecule has 2 heterocycles. The zero-order chi connectivity index (χ0) is 12.5. The van der Waals surface area contributed by atoms with Crippen LogP contribution in [0.2, 0.25) is 0 Å². The summed E-state index contributed by atoms with van der Waals surface area (Å²) in [5.74, 6) is -0.0824. The molecule has 0 bridgehead atoms. The molecule has 18 heavy (non-hydrogen) atoms. The summed E-state index contributed by atoms with van der Waals surface area (Å²) in [4.78, 5) is 16.4. The number of carbonyl (C=O) groups excluding carboxylic acids is 1. The first-order chi connectivity index (χ1) is 8.74. The molecule has 3 rings (SSSR count). The summed E-state index contributed by atoms with van der Waals surface area (Å²) in [5.41, 5.74) is 2.90. The van der Waals surface area contributed by atoms with Gasteiger partial charge in [0, 0.05) is 17.8 Å². The fourth-order valence-corrected chi connectivity index (χ4v) is 2.63. The van der Waals surface area contributed by atoms with Crippen LogP contribution in [-0.4, -0.2) is 10.9 Å². The Kier molecular flexibility index (Phi) is 2.88. The Labute approximate surface area is 113 Å². The highest BCUT2D eigenvalue weighted by atomic mass is 79.9. The van der Waals surface area contributed by atoms with E-state index < -0.39 is 0 Å². The molecule has 0 saturated carbocycles. The normalized spacial score (nSPS) is 17.4. The van der Waals surface area contributed by atoms with Crippen LogP contribution in [0.5, 0.6) is 0 Å². The quantitative estimate of drug-likeness (QED) is 0.866. The van der Waals surface area contributed by atoms with Crippen LogP contribution < -0.4 is 5.32 Å². The van der Waals surface area contributed by atoms with Crippen molar-refractivity contribution in [2.24, 2.45) is 0 Å². The predicted octanol–water partition coefficient (Wildman–Crippen LogP) is 3.12. The van der Waals surface area contributed by atoms with Crippen LogP contribution in [0.3, 0.4) is 0 Å². The van der Waals surface area contributed by atoms with Crippen LogP contribution in [-0.2, 0) is 11.2 Å². The second kappa shape index (κ2) is 4.53. The molecule has 1 aliphatic heterocycles. The first-order valence-electron chi connectivity index (χ1n) is 5.75. The number of halogens is 1. The van der Waals surface area contributed by atoms with Gasteiger partial charge in [0.25, 0.3) is 0 Å². The molecule has 1 aliphatic rings. The average Bonchev–Trinajstić information content (AvgIpc) is 2.66. The average molecular weight is 303 g/mol. The van der Waals surface area contributed by atoms with Crippen LogP contribution >= 0.6 is 15.9 Å². The van der Waals surface area contributed by atoms with Gasteiger partial charge in [-0.25, -0.2) is 4.98 Å². The van der Waals surface area contributed by atoms with Crippen LogP contribution in [0.25, 0.3) is 0 Å². The fraction of sp³-hybridized carbons (Fsp3) is 0.143. The molecule has 1 amide bonds. The van der Waals surface area contributed by atoms with Gasteiger partial charge in [0.1, 0.15) is 4.60 Å². The Hall–Kier alpha value is -1.68. The van der Waals surface area contributed by atoms with Crippen molar-refractivity contribution in [3.05, 3.63) is 58.3 Å². The van der Waals surface area contributed by atoms with Crippen molar-refractivity contribution in [3.8, 4) is 0 Å². The van der Waals surface area contributed by atoms with E-state index >= 15 is 0 Å². The lowest BCUT2D eigenvalue weighted by Gasteiger charge is -2.08. The van der Waals surface area contributed by atoms with E-state index in [2.05, 4.69) is 26.2 Å². The molecule has 90 valence electrons. The number of para-hydroxylation sites is 1. The second-order valence-electron chi connectivity index (χ2n) is 4.28. The summed E-state index contributed by atoms with van der Waals surface area (Å²) in [6, 6.07) is 13.6. The van der Waals surface area contributed by atoms with Crippen LogP contribution in [0, 0.1) is 0 Å². The van der Waals surface area contributed by atoms with Crippen molar-refractivity contribution in [1.82, 2.24) is 4.98 Å². The molecule has 0 saturated heterocycles. The number of carbonyl (C=O) groups is 1. The Morgan fingerprint density at radius 2 is 2.00 bits per heavy atom. The van der Waals surface area contributed by atoms with Gasteiger partial charge in [0.15, 0.2) is 0 Å². The third-order valence-corrected chi connectivity index (χ3v) is 3.54. The molecular weight excluding hydrogens is 292 g/mol. The lowest BCUT2D eigenvalue weighted by atomic mass is 9.95. The van der Waals surface area contributed by atoms with E-state index in [1.54, 1.807) is 0 Å². The van der Waals surface area contributed by atoms with Gasteiger partial charge in [0.05, 0.1) is 5.92 Å². The lowest BCUT2D eigenvalue weighted by Crippen LogP contribution is -2.14. The smallest absolute Gasteiger partial charge is 0.232 e. The minimum absolute atomic E-state index is 0.0537. The number of amides is 1. The predicted molar refractivity (Wildman–Crippen MR) is 73.5 cm³/mol. The molecule has 1 aromatic carbocycles. The van der Waals surface area contributed by atoms with E-state index in [1.807, 2.05) is 42.5 Å². The summed E-state index contributed by atoms with van der Waals surface area (Å²) in [7, 11) is 0. The number of pyridine rings is 1. The van der Waals surface area contributed by atoms with Crippen molar-refractivity contribution >= 4 is 27.5 Å². The van der Waals surface area contributed by atoms with Crippen molar-refractivity contribution in [1.29, 1.82) is 0 Å². The van der Waals surface area contributed by atoms with Crippen molar-refractivity contribution in [2.45, 2.75) is 12.3 Å². The largest absolute Gasteiger partial charge is 0.325 e. The number of aromatic nitrogens is 1. The van der Waals surface area contributed by atoms with E-state index in [0.29, 0.717) is 6.42 Å². The van der Waals surface area contributed by atoms with E-state index in [9.17, 15) is 4.79 Å². The number of nitrogens with zero attached hydrogens (tertiary/aromatic N) is 1. The molecule has 0 radical (unpaired) electrons. The van der Waals surface area contributed by atoms with Crippen molar-refractivity contribution < 1.29 is 4.79 Å². The SMILES string of the molecule is O=C1Nc2ccccc2[C@H]1Cc1cccc(Br)n1. The summed E-state index contributed by atoms with van der Waals surface area (Å²) in [6.07, 6.45) is 0.627. The molecule has 1 atom stereocenters. The maximum absolute atomic E-state index is 12.0. The summed E-state index contributed by atoms with van der Waals surface area (Å²) in [5, 5.41) is 2.90. The van der Waals surface area contributed by atoms with Gasteiger partial charge in [0.2, 0.25) is 5.91 Å². The Morgan fingerprint density at radius 1 is 1.17 bits per heavy atom. The Balaban J connectivity index is 1.91. The van der Waals surface area contributed by atoms with Gasteiger partial charge in [-0.05, 0) is 39.7 Å². The number of benzene rings is 1. The van der Waals surface area contributed by atoms with Gasteiger partial charge in [-0.3, -0.25) is 4.79 Å². The van der Waals surface area contributed by atoms with Gasteiger partial charge < -0.3 is 5.32 Å². The van der Waals surface area contributed by atoms with Crippen molar-refractivity contribution in [3.63, 3.8) is 0 Å². The number of hydrogen-bond acceptors (Lipinski definition) is 2. The van der Waals surface area contributed by atoms with Gasteiger partial charge in [-0.15, -0.1) is 0 Å². The zero-order valence-corrected chi connectivity index (χ0v) is 11.1. The number of anilines is 1. The highest BCUT2D eigenvalue weighted by molar-refractivity contribution is 9.10. The monoisotopic (exact) mass is 302 g/mol. The highest BCUT2D eigenvalue weighted by Gasteiger charge is 2.30. The van der Waals surface area contributed by atoms with E-state index in [0.717, 1.165) is 21.5 Å². The van der Waals surface area contributed by atoms with E-state index in [1.165, 1.54) is 0 Å². The minimum Gasteiger partial charge on any atom is -0.325 e. The highest BCUT2D eigenvalue weighted by Crippen LogP contribution is 2.34. The third-order valence-electron chi connectivity index (χ3n) is 3.10. The number of rotatable bonds is 2. The summed E-state index contributed by atoms with van der Waals surface area (Å²) < 4.78 is 0.798. The van der Waals surface area contributed by atoms with E-state index in [4.69, 9.17) is 0 Å². The summed E-state index contributed by atoms with van der Waals surface area (Å²) >= 11 is 3.35. The zero-order valence-electron chi connectivity index (χ0n) is 9.56. The molecular formula is C14H11BrN2O. The third kappa shape index (κ3) is 2.04. The second-order valence-corrected chi connectivity index (χ2v) is 5.10. The topological polar surface area (TPSA) is 42.0 Å².